The van der Waals surface area contributed by atoms with Gasteiger partial charge in [-0.05, 0) is 39.5 Å². The Bertz CT molecular complexity index is 451. The summed E-state index contributed by atoms with van der Waals surface area (Å²) < 4.78 is 11.4. The van der Waals surface area contributed by atoms with Crippen LogP contribution >= 0.6 is 24.0 Å². The number of morpholine rings is 1. The number of guanidine groups is 1. The minimum atomic E-state index is 0. The summed E-state index contributed by atoms with van der Waals surface area (Å²) in [4.78, 5) is 7.32. The highest BCUT2D eigenvalue weighted by atomic mass is 127. The smallest absolute Gasteiger partial charge is 0.191 e. The van der Waals surface area contributed by atoms with Crippen LogP contribution in [0.3, 0.4) is 0 Å². The highest BCUT2D eigenvalue weighted by Crippen LogP contribution is 2.54. The standard InChI is InChI=1S/C20H38N4O2.HI/c1-3-21-19(22-10-7-11-24-12-14-25-15-13-24)23-17-16-18(26-4-2)20(17)8-5-6-9-20;/h17-18H,3-16H2,1-2H3,(H2,21,22,23);1H. The van der Waals surface area contributed by atoms with E-state index in [-0.39, 0.29) is 24.0 Å². The lowest BCUT2D eigenvalue weighted by molar-refractivity contribution is -0.125. The molecule has 0 radical (unpaired) electrons. The molecule has 2 saturated carbocycles. The molecular weight excluding hydrogens is 455 g/mol. The van der Waals surface area contributed by atoms with Gasteiger partial charge >= 0.3 is 0 Å². The fourth-order valence-electron chi connectivity index (χ4n) is 4.88. The fourth-order valence-corrected chi connectivity index (χ4v) is 4.88. The van der Waals surface area contributed by atoms with Gasteiger partial charge in [0.05, 0.1) is 19.3 Å². The quantitative estimate of drug-likeness (QED) is 0.235. The molecule has 2 aliphatic carbocycles. The van der Waals surface area contributed by atoms with Crippen molar-refractivity contribution in [2.75, 3.05) is 52.5 Å². The first-order valence-corrected chi connectivity index (χ1v) is 10.7. The molecule has 1 heterocycles. The number of hydrogen-bond donors (Lipinski definition) is 2. The number of rotatable bonds is 8. The first kappa shape index (κ1) is 23.2. The Balaban J connectivity index is 0.00000261. The second kappa shape index (κ2) is 11.8. The van der Waals surface area contributed by atoms with Gasteiger partial charge in [0.1, 0.15) is 0 Å². The van der Waals surface area contributed by atoms with E-state index in [0.717, 1.165) is 71.3 Å². The molecule has 2 atom stereocenters. The molecule has 2 N–H and O–H groups in total. The van der Waals surface area contributed by atoms with Crippen molar-refractivity contribution in [3.8, 4) is 0 Å². The summed E-state index contributed by atoms with van der Waals surface area (Å²) >= 11 is 0. The summed E-state index contributed by atoms with van der Waals surface area (Å²) in [6.45, 7) is 11.9. The van der Waals surface area contributed by atoms with Gasteiger partial charge in [0, 0.05) is 50.8 Å². The van der Waals surface area contributed by atoms with Gasteiger partial charge in [-0.3, -0.25) is 9.89 Å². The second-order valence-electron chi connectivity index (χ2n) is 7.89. The zero-order chi connectivity index (χ0) is 18.2. The Morgan fingerprint density at radius 1 is 1.22 bits per heavy atom. The van der Waals surface area contributed by atoms with E-state index in [9.17, 15) is 0 Å². The summed E-state index contributed by atoms with van der Waals surface area (Å²) in [6, 6.07) is 0.513. The molecule has 7 heteroatoms. The van der Waals surface area contributed by atoms with Crippen LogP contribution in [0, 0.1) is 5.41 Å². The lowest BCUT2D eigenvalue weighted by Gasteiger charge is -2.54. The first-order valence-electron chi connectivity index (χ1n) is 10.7. The molecule has 0 bridgehead atoms. The molecule has 0 aromatic heterocycles. The van der Waals surface area contributed by atoms with Crippen molar-refractivity contribution in [3.05, 3.63) is 0 Å². The Morgan fingerprint density at radius 2 is 1.96 bits per heavy atom. The van der Waals surface area contributed by atoms with Crippen LogP contribution in [0.15, 0.2) is 4.99 Å². The Kier molecular flexibility index (Phi) is 10.1. The molecule has 158 valence electrons. The average Bonchev–Trinajstić information content (AvgIpc) is 3.18. The van der Waals surface area contributed by atoms with Crippen LogP contribution < -0.4 is 10.6 Å². The number of nitrogens with zero attached hydrogens (tertiary/aromatic N) is 2. The fraction of sp³-hybridized carbons (Fsp3) is 0.950. The van der Waals surface area contributed by atoms with Gasteiger partial charge in [0.15, 0.2) is 5.96 Å². The SMILES string of the molecule is CCNC(=NCCCN1CCOCC1)NC1CC(OCC)C12CCCC2.I. The molecule has 1 spiro atoms. The minimum absolute atomic E-state index is 0. The molecule has 3 fully saturated rings. The van der Waals surface area contributed by atoms with E-state index < -0.39 is 0 Å². The maximum Gasteiger partial charge on any atom is 0.191 e. The number of halogens is 1. The summed E-state index contributed by atoms with van der Waals surface area (Å²) in [7, 11) is 0. The molecule has 27 heavy (non-hydrogen) atoms. The maximum atomic E-state index is 6.04. The third-order valence-electron chi connectivity index (χ3n) is 6.35. The number of ether oxygens (including phenoxy) is 2. The predicted octanol–water partition coefficient (Wildman–Crippen LogP) is 2.62. The Morgan fingerprint density at radius 3 is 2.63 bits per heavy atom. The highest BCUT2D eigenvalue weighted by molar-refractivity contribution is 14.0. The highest BCUT2D eigenvalue weighted by Gasteiger charge is 2.56. The number of nitrogens with one attached hydrogen (secondary N) is 2. The monoisotopic (exact) mass is 494 g/mol. The average molecular weight is 494 g/mol. The van der Waals surface area contributed by atoms with Crippen molar-refractivity contribution >= 4 is 29.9 Å². The maximum absolute atomic E-state index is 6.04. The van der Waals surface area contributed by atoms with E-state index in [0.29, 0.717) is 17.6 Å². The van der Waals surface area contributed by atoms with E-state index in [4.69, 9.17) is 14.5 Å². The van der Waals surface area contributed by atoms with E-state index in [1.165, 1.54) is 25.7 Å². The molecule has 0 amide bonds. The predicted molar refractivity (Wildman–Crippen MR) is 121 cm³/mol. The van der Waals surface area contributed by atoms with Gasteiger partial charge < -0.3 is 20.1 Å². The van der Waals surface area contributed by atoms with Crippen molar-refractivity contribution in [3.63, 3.8) is 0 Å². The number of aliphatic imine (C=N–C) groups is 1. The third kappa shape index (κ3) is 5.93. The van der Waals surface area contributed by atoms with Crippen molar-refractivity contribution in [1.82, 2.24) is 15.5 Å². The van der Waals surface area contributed by atoms with Crippen molar-refractivity contribution in [2.24, 2.45) is 10.4 Å². The van der Waals surface area contributed by atoms with Gasteiger partial charge in [0.2, 0.25) is 0 Å². The molecule has 1 saturated heterocycles. The molecule has 1 aliphatic heterocycles. The summed E-state index contributed by atoms with van der Waals surface area (Å²) in [5.41, 5.74) is 0.347. The summed E-state index contributed by atoms with van der Waals surface area (Å²) in [5, 5.41) is 7.18. The molecule has 0 aromatic carbocycles. The Hall–Kier alpha value is -0.120. The molecule has 0 aromatic rings. The van der Waals surface area contributed by atoms with E-state index in [2.05, 4.69) is 29.4 Å². The summed E-state index contributed by atoms with van der Waals surface area (Å²) in [6.07, 6.45) is 7.94. The molecular formula is C20H39IN4O2. The van der Waals surface area contributed by atoms with Crippen LogP contribution in [0.4, 0.5) is 0 Å². The van der Waals surface area contributed by atoms with Gasteiger partial charge in [-0.1, -0.05) is 12.8 Å². The molecule has 3 rings (SSSR count). The lowest BCUT2D eigenvalue weighted by atomic mass is 9.60. The van der Waals surface area contributed by atoms with Crippen LogP contribution in [0.5, 0.6) is 0 Å². The van der Waals surface area contributed by atoms with E-state index in [1.807, 2.05) is 0 Å². The van der Waals surface area contributed by atoms with Crippen molar-refractivity contribution in [1.29, 1.82) is 0 Å². The first-order chi connectivity index (χ1) is 12.8. The van der Waals surface area contributed by atoms with Gasteiger partial charge in [-0.15, -0.1) is 24.0 Å². The zero-order valence-corrected chi connectivity index (χ0v) is 19.5. The van der Waals surface area contributed by atoms with Gasteiger partial charge in [-0.25, -0.2) is 0 Å². The molecule has 6 nitrogen and oxygen atoms in total. The van der Waals surface area contributed by atoms with Gasteiger partial charge in [0.25, 0.3) is 0 Å². The lowest BCUT2D eigenvalue weighted by Crippen LogP contribution is -2.65. The minimum Gasteiger partial charge on any atom is -0.379 e. The van der Waals surface area contributed by atoms with Crippen molar-refractivity contribution in [2.45, 2.75) is 64.5 Å². The normalized spacial score (nSPS) is 27.9. The van der Waals surface area contributed by atoms with Crippen molar-refractivity contribution < 1.29 is 9.47 Å². The largest absolute Gasteiger partial charge is 0.379 e. The van der Waals surface area contributed by atoms with E-state index >= 15 is 0 Å². The Labute approximate surface area is 182 Å². The van der Waals surface area contributed by atoms with Crippen LogP contribution in [-0.2, 0) is 9.47 Å². The molecule has 2 unspecified atom stereocenters. The van der Waals surface area contributed by atoms with Crippen LogP contribution in [0.25, 0.3) is 0 Å². The molecule has 3 aliphatic rings. The second-order valence-corrected chi connectivity index (χ2v) is 7.89. The number of hydrogen-bond acceptors (Lipinski definition) is 4. The van der Waals surface area contributed by atoms with Gasteiger partial charge in [-0.2, -0.15) is 0 Å². The zero-order valence-electron chi connectivity index (χ0n) is 17.2. The van der Waals surface area contributed by atoms with Crippen LogP contribution in [-0.4, -0.2) is 75.5 Å². The van der Waals surface area contributed by atoms with E-state index in [1.54, 1.807) is 0 Å². The van der Waals surface area contributed by atoms with Crippen LogP contribution in [0.2, 0.25) is 0 Å². The third-order valence-corrected chi connectivity index (χ3v) is 6.35. The van der Waals surface area contributed by atoms with Crippen LogP contribution in [0.1, 0.15) is 52.4 Å². The topological polar surface area (TPSA) is 58.1 Å². The summed E-state index contributed by atoms with van der Waals surface area (Å²) in [5.74, 6) is 0.987.